The molecule has 0 bridgehead atoms. The van der Waals surface area contributed by atoms with Gasteiger partial charge in [0.15, 0.2) is 0 Å². The van der Waals surface area contributed by atoms with Gasteiger partial charge in [-0.05, 0) is 0 Å². The summed E-state index contributed by atoms with van der Waals surface area (Å²) in [6, 6.07) is 0. The number of rotatable bonds is 4. The zero-order valence-corrected chi connectivity index (χ0v) is 6.32. The summed E-state index contributed by atoms with van der Waals surface area (Å²) in [4.78, 5) is 10.7. The highest BCUT2D eigenvalue weighted by Gasteiger charge is 2.02. The van der Waals surface area contributed by atoms with Gasteiger partial charge in [0.1, 0.15) is 6.61 Å². The van der Waals surface area contributed by atoms with Crippen molar-refractivity contribution >= 4 is 23.6 Å². The molecule has 56 valence electrons. The summed E-state index contributed by atoms with van der Waals surface area (Å²) in [5.74, 6) is -0.500. The molecule has 0 saturated carbocycles. The predicted octanol–water partition coefficient (Wildman–Crippen LogP) is 0.0442. The molecule has 10 heavy (non-hydrogen) atoms. The molecule has 0 aromatic rings. The molecule has 2 N–H and O–H groups in total. The van der Waals surface area contributed by atoms with E-state index in [2.05, 4.69) is 23.5 Å². The van der Waals surface area contributed by atoms with Gasteiger partial charge in [0.05, 0.1) is 5.57 Å². The molecule has 0 radical (unpaired) electrons. The van der Waals surface area contributed by atoms with Crippen LogP contribution in [0.4, 0.5) is 0 Å². The lowest BCUT2D eigenvalue weighted by Crippen LogP contribution is -2.14. The Balaban J connectivity index is 3.62. The van der Waals surface area contributed by atoms with E-state index in [0.717, 1.165) is 0 Å². The van der Waals surface area contributed by atoms with Crippen LogP contribution in [0, 0.1) is 0 Å². The minimum absolute atomic E-state index is 0.184. The lowest BCUT2D eigenvalue weighted by Gasteiger charge is -1.99. The van der Waals surface area contributed by atoms with E-state index in [1.54, 1.807) is 0 Å². The van der Waals surface area contributed by atoms with Crippen LogP contribution in [0.2, 0.25) is 0 Å². The van der Waals surface area contributed by atoms with Gasteiger partial charge in [-0.1, -0.05) is 18.8 Å². The largest absolute Gasteiger partial charge is 0.461 e. The van der Waals surface area contributed by atoms with Crippen molar-refractivity contribution in [3.63, 3.8) is 0 Å². The molecular weight excluding hydrogens is 150 g/mol. The normalized spacial score (nSPS) is 8.50. The Hall–Kier alpha value is -0.740. The number of ether oxygens (including phenoxy) is 1. The fourth-order valence-electron chi connectivity index (χ4n) is 0.292. The lowest BCUT2D eigenvalue weighted by atomic mass is 10.4. The van der Waals surface area contributed by atoms with E-state index in [-0.39, 0.29) is 12.2 Å². The van der Waals surface area contributed by atoms with Gasteiger partial charge in [-0.15, -0.1) is 0 Å². The summed E-state index contributed by atoms with van der Waals surface area (Å²) in [7, 11) is 0. The Bertz CT molecular complexity index is 156. The van der Waals surface area contributed by atoms with Crippen molar-refractivity contribution < 1.29 is 9.53 Å². The summed E-state index contributed by atoms with van der Waals surface area (Å²) in [6.07, 6.45) is 0. The van der Waals surface area contributed by atoms with E-state index < -0.39 is 5.97 Å². The molecule has 0 aromatic heterocycles. The molecular formula is C6H9NO2S. The molecule has 0 fully saturated rings. The maximum atomic E-state index is 10.7. The number of thiocarbonyl (C=S) groups is 1. The van der Waals surface area contributed by atoms with Crippen molar-refractivity contribution in [1.82, 2.24) is 0 Å². The first-order valence-corrected chi connectivity index (χ1v) is 3.20. The van der Waals surface area contributed by atoms with Gasteiger partial charge in [0.25, 0.3) is 0 Å². The third-order valence-electron chi connectivity index (χ3n) is 0.755. The van der Waals surface area contributed by atoms with Crippen LogP contribution in [0.3, 0.4) is 0 Å². The first kappa shape index (κ1) is 9.26. The Labute approximate surface area is 64.8 Å². The van der Waals surface area contributed by atoms with Gasteiger partial charge < -0.3 is 10.5 Å². The topological polar surface area (TPSA) is 52.3 Å². The Kier molecular flexibility index (Phi) is 4.70. The van der Waals surface area contributed by atoms with Crippen LogP contribution in [0.5, 0.6) is 0 Å². The Morgan fingerprint density at radius 3 is 2.80 bits per heavy atom. The Morgan fingerprint density at radius 1 is 1.80 bits per heavy atom. The first-order chi connectivity index (χ1) is 4.72. The molecule has 0 spiro atoms. The monoisotopic (exact) mass is 159 g/mol. The second kappa shape index (κ2) is 5.08. The molecule has 0 aliphatic rings. The maximum absolute atomic E-state index is 10.7. The van der Waals surface area contributed by atoms with Gasteiger partial charge in [-0.25, -0.2) is 4.79 Å². The highest BCUT2D eigenvalue weighted by molar-refractivity contribution is 7.79. The van der Waals surface area contributed by atoms with Crippen LogP contribution in [0.25, 0.3) is 0 Å². The van der Waals surface area contributed by atoms with Gasteiger partial charge >= 0.3 is 5.97 Å². The van der Waals surface area contributed by atoms with Crippen LogP contribution in [-0.4, -0.2) is 24.5 Å². The van der Waals surface area contributed by atoms with Crippen molar-refractivity contribution in [2.45, 2.75) is 0 Å². The molecule has 0 unspecified atom stereocenters. The minimum atomic E-state index is -0.500. The summed E-state index contributed by atoms with van der Waals surface area (Å²) < 4.78 is 4.58. The van der Waals surface area contributed by atoms with E-state index in [1.807, 2.05) is 0 Å². The van der Waals surface area contributed by atoms with Crippen LogP contribution in [-0.2, 0) is 9.53 Å². The molecule has 0 atom stereocenters. The van der Waals surface area contributed by atoms with E-state index in [0.29, 0.717) is 6.54 Å². The fourth-order valence-corrected chi connectivity index (χ4v) is 0.389. The summed E-state index contributed by atoms with van der Waals surface area (Å²) in [5, 5.41) is 1.18. The zero-order valence-electron chi connectivity index (χ0n) is 5.50. The van der Waals surface area contributed by atoms with Crippen LogP contribution < -0.4 is 5.73 Å². The van der Waals surface area contributed by atoms with Gasteiger partial charge in [-0.3, -0.25) is 0 Å². The van der Waals surface area contributed by atoms with Crippen molar-refractivity contribution in [3.8, 4) is 0 Å². The molecule has 3 nitrogen and oxygen atoms in total. The van der Waals surface area contributed by atoms with E-state index in [1.165, 1.54) is 5.37 Å². The second-order valence-corrected chi connectivity index (χ2v) is 1.80. The van der Waals surface area contributed by atoms with Gasteiger partial charge in [0.2, 0.25) is 0 Å². The van der Waals surface area contributed by atoms with E-state index in [4.69, 9.17) is 5.73 Å². The maximum Gasteiger partial charge on any atom is 0.338 e. The van der Waals surface area contributed by atoms with E-state index in [9.17, 15) is 4.79 Å². The number of hydrogen-bond acceptors (Lipinski definition) is 4. The lowest BCUT2D eigenvalue weighted by molar-refractivity contribution is -0.138. The molecule has 0 aliphatic carbocycles. The fraction of sp³-hybridized carbons (Fsp3) is 0.333. The molecule has 0 aliphatic heterocycles. The average Bonchev–Trinajstić information content (AvgIpc) is 1.98. The average molecular weight is 159 g/mol. The second-order valence-electron chi connectivity index (χ2n) is 1.57. The SMILES string of the molecule is C=C(C=S)C(=O)OCCN. The number of carbonyl (C=O) groups is 1. The molecule has 0 aromatic carbocycles. The van der Waals surface area contributed by atoms with Gasteiger partial charge in [-0.2, -0.15) is 0 Å². The molecule has 4 heteroatoms. The Morgan fingerprint density at radius 2 is 2.40 bits per heavy atom. The molecule has 0 saturated heterocycles. The van der Waals surface area contributed by atoms with Crippen molar-refractivity contribution in [2.75, 3.05) is 13.2 Å². The number of hydrogen-bond donors (Lipinski definition) is 1. The third-order valence-corrected chi connectivity index (χ3v) is 1.04. The standard InChI is InChI=1S/C6H9NO2S/c1-5(4-10)6(8)9-3-2-7/h4H,1-3,7H2. The third kappa shape index (κ3) is 3.32. The summed E-state index contributed by atoms with van der Waals surface area (Å²) in [6.45, 7) is 3.88. The molecule has 0 heterocycles. The van der Waals surface area contributed by atoms with Crippen LogP contribution >= 0.6 is 12.2 Å². The van der Waals surface area contributed by atoms with E-state index >= 15 is 0 Å². The first-order valence-electron chi connectivity index (χ1n) is 2.73. The summed E-state index contributed by atoms with van der Waals surface area (Å²) >= 11 is 4.44. The zero-order chi connectivity index (χ0) is 7.98. The molecule has 0 amide bonds. The molecule has 0 rings (SSSR count). The van der Waals surface area contributed by atoms with Gasteiger partial charge in [0, 0.05) is 11.9 Å². The van der Waals surface area contributed by atoms with Crippen LogP contribution in [0.15, 0.2) is 12.2 Å². The highest BCUT2D eigenvalue weighted by atomic mass is 32.1. The quantitative estimate of drug-likeness (QED) is 0.357. The number of carbonyl (C=O) groups excluding carboxylic acids is 1. The van der Waals surface area contributed by atoms with Crippen molar-refractivity contribution in [1.29, 1.82) is 0 Å². The number of esters is 1. The highest BCUT2D eigenvalue weighted by Crippen LogP contribution is 1.89. The predicted molar refractivity (Wildman–Crippen MR) is 42.8 cm³/mol. The van der Waals surface area contributed by atoms with Crippen LogP contribution in [0.1, 0.15) is 0 Å². The minimum Gasteiger partial charge on any atom is -0.461 e. The number of nitrogens with two attached hydrogens (primary N) is 1. The summed E-state index contributed by atoms with van der Waals surface area (Å²) in [5.41, 5.74) is 5.26. The van der Waals surface area contributed by atoms with Crippen molar-refractivity contribution in [2.24, 2.45) is 5.73 Å². The smallest absolute Gasteiger partial charge is 0.338 e. The van der Waals surface area contributed by atoms with Crippen molar-refractivity contribution in [3.05, 3.63) is 12.2 Å².